The predicted octanol–water partition coefficient (Wildman–Crippen LogP) is -0.126. The fraction of sp³-hybridized carbons (Fsp3) is 0.0909. The van der Waals surface area contributed by atoms with Crippen LogP contribution in [0.3, 0.4) is 0 Å². The summed E-state index contributed by atoms with van der Waals surface area (Å²) < 4.78 is 18.3. The highest BCUT2D eigenvalue weighted by atomic mass is 19.1. The van der Waals surface area contributed by atoms with Crippen LogP contribution < -0.4 is 10.2 Å². The molecular weight excluding hydrogens is 238 g/mol. The van der Waals surface area contributed by atoms with Crippen LogP contribution in [0.15, 0.2) is 36.7 Å². The van der Waals surface area contributed by atoms with Gasteiger partial charge in [-0.1, -0.05) is 6.07 Å². The van der Waals surface area contributed by atoms with Crippen molar-refractivity contribution in [3.8, 4) is 5.75 Å². The molecule has 2 aromatic rings. The van der Waals surface area contributed by atoms with Crippen LogP contribution in [0, 0.1) is 5.82 Å². The van der Waals surface area contributed by atoms with E-state index < -0.39 is 12.9 Å². The van der Waals surface area contributed by atoms with E-state index in [9.17, 15) is 4.39 Å². The largest absolute Gasteiger partial charge is 0.492 e. The van der Waals surface area contributed by atoms with Crippen LogP contribution in [0.25, 0.3) is 0 Å². The SMILES string of the molecule is OB(O)c1ccc(F)cc1OCc1ncccn1. The lowest BCUT2D eigenvalue weighted by atomic mass is 9.79. The molecule has 1 aromatic carbocycles. The molecule has 0 aliphatic carbocycles. The van der Waals surface area contributed by atoms with E-state index in [1.54, 1.807) is 18.5 Å². The van der Waals surface area contributed by atoms with Crippen molar-refractivity contribution in [2.75, 3.05) is 0 Å². The molecule has 0 unspecified atom stereocenters. The molecule has 7 heteroatoms. The molecule has 0 radical (unpaired) electrons. The summed E-state index contributed by atoms with van der Waals surface area (Å²) in [5.74, 6) is -0.0547. The molecule has 92 valence electrons. The minimum Gasteiger partial charge on any atom is -0.486 e. The van der Waals surface area contributed by atoms with Crippen LogP contribution in [0.5, 0.6) is 5.75 Å². The third-order valence-corrected chi connectivity index (χ3v) is 2.23. The molecule has 2 rings (SSSR count). The van der Waals surface area contributed by atoms with E-state index in [4.69, 9.17) is 14.8 Å². The van der Waals surface area contributed by atoms with Gasteiger partial charge in [-0.2, -0.15) is 0 Å². The second kappa shape index (κ2) is 5.57. The highest BCUT2D eigenvalue weighted by molar-refractivity contribution is 6.59. The highest BCUT2D eigenvalue weighted by Gasteiger charge is 2.18. The number of benzene rings is 1. The Labute approximate surface area is 103 Å². The van der Waals surface area contributed by atoms with Gasteiger partial charge in [0.2, 0.25) is 0 Å². The first-order chi connectivity index (χ1) is 8.66. The maximum atomic E-state index is 13.1. The van der Waals surface area contributed by atoms with Gasteiger partial charge in [0.1, 0.15) is 18.2 Å². The number of rotatable bonds is 4. The Bertz CT molecular complexity index is 525. The minimum atomic E-state index is -1.72. The zero-order valence-electron chi connectivity index (χ0n) is 9.32. The molecule has 0 bridgehead atoms. The third-order valence-electron chi connectivity index (χ3n) is 2.23. The van der Waals surface area contributed by atoms with Crippen LogP contribution in [0.2, 0.25) is 0 Å². The van der Waals surface area contributed by atoms with E-state index in [0.717, 1.165) is 12.1 Å². The van der Waals surface area contributed by atoms with Gasteiger partial charge in [0, 0.05) is 23.9 Å². The summed E-state index contributed by atoms with van der Waals surface area (Å²) in [4.78, 5) is 7.87. The number of hydrogen-bond acceptors (Lipinski definition) is 5. The average molecular weight is 248 g/mol. The second-order valence-corrected chi connectivity index (χ2v) is 3.51. The maximum Gasteiger partial charge on any atom is 0.492 e. The molecular formula is C11H10BFN2O3. The third kappa shape index (κ3) is 3.02. The molecule has 1 heterocycles. The first-order valence-corrected chi connectivity index (χ1v) is 5.21. The molecule has 0 atom stereocenters. The zero-order chi connectivity index (χ0) is 13.0. The van der Waals surface area contributed by atoms with E-state index in [1.165, 1.54) is 6.07 Å². The fourth-order valence-electron chi connectivity index (χ4n) is 1.39. The van der Waals surface area contributed by atoms with Crippen molar-refractivity contribution in [1.82, 2.24) is 9.97 Å². The van der Waals surface area contributed by atoms with Gasteiger partial charge in [-0.3, -0.25) is 0 Å². The van der Waals surface area contributed by atoms with Crippen molar-refractivity contribution >= 4 is 12.6 Å². The molecule has 2 N–H and O–H groups in total. The normalized spacial score (nSPS) is 10.2. The van der Waals surface area contributed by atoms with Gasteiger partial charge in [0.25, 0.3) is 0 Å². The zero-order valence-corrected chi connectivity index (χ0v) is 9.32. The summed E-state index contributed by atoms with van der Waals surface area (Å²) in [6.07, 6.45) is 3.11. The van der Waals surface area contributed by atoms with E-state index in [1.807, 2.05) is 0 Å². The summed E-state index contributed by atoms with van der Waals surface area (Å²) >= 11 is 0. The quantitative estimate of drug-likeness (QED) is 0.737. The maximum absolute atomic E-state index is 13.1. The monoisotopic (exact) mass is 248 g/mol. The summed E-state index contributed by atoms with van der Waals surface area (Å²) in [5.41, 5.74) is 0.0901. The van der Waals surface area contributed by atoms with Gasteiger partial charge in [-0.05, 0) is 12.1 Å². The van der Waals surface area contributed by atoms with E-state index in [-0.39, 0.29) is 17.8 Å². The molecule has 0 aliphatic heterocycles. The Hall–Kier alpha value is -1.99. The number of ether oxygens (including phenoxy) is 1. The van der Waals surface area contributed by atoms with Gasteiger partial charge in [-0.15, -0.1) is 0 Å². The van der Waals surface area contributed by atoms with Crippen molar-refractivity contribution in [1.29, 1.82) is 0 Å². The van der Waals surface area contributed by atoms with Crippen LogP contribution in [0.4, 0.5) is 4.39 Å². The van der Waals surface area contributed by atoms with Crippen LogP contribution in [0.1, 0.15) is 5.82 Å². The lowest BCUT2D eigenvalue weighted by Gasteiger charge is -2.10. The number of hydrogen-bond donors (Lipinski definition) is 2. The second-order valence-electron chi connectivity index (χ2n) is 3.51. The molecule has 0 aliphatic rings. The first kappa shape index (κ1) is 12.5. The molecule has 1 aromatic heterocycles. The molecule has 0 saturated carbocycles. The molecule has 5 nitrogen and oxygen atoms in total. The summed E-state index contributed by atoms with van der Waals surface area (Å²) in [6.45, 7) is 0.0179. The van der Waals surface area contributed by atoms with Gasteiger partial charge < -0.3 is 14.8 Å². The van der Waals surface area contributed by atoms with E-state index in [2.05, 4.69) is 9.97 Å². The Morgan fingerprint density at radius 1 is 1.22 bits per heavy atom. The van der Waals surface area contributed by atoms with Crippen molar-refractivity contribution in [3.63, 3.8) is 0 Å². The van der Waals surface area contributed by atoms with Crippen LogP contribution >= 0.6 is 0 Å². The Morgan fingerprint density at radius 2 is 1.94 bits per heavy atom. The number of aromatic nitrogens is 2. The van der Waals surface area contributed by atoms with Crippen molar-refractivity contribution in [2.24, 2.45) is 0 Å². The van der Waals surface area contributed by atoms with Crippen molar-refractivity contribution < 1.29 is 19.2 Å². The van der Waals surface area contributed by atoms with Gasteiger partial charge in [-0.25, -0.2) is 14.4 Å². The van der Waals surface area contributed by atoms with Crippen molar-refractivity contribution in [3.05, 3.63) is 48.3 Å². The topological polar surface area (TPSA) is 75.5 Å². The van der Waals surface area contributed by atoms with E-state index >= 15 is 0 Å². The molecule has 0 spiro atoms. The van der Waals surface area contributed by atoms with Gasteiger partial charge in [0.05, 0.1) is 0 Å². The van der Waals surface area contributed by atoms with Crippen LogP contribution in [-0.2, 0) is 6.61 Å². The standard InChI is InChI=1S/C11H10BFN2O3/c13-8-2-3-9(12(16)17)10(6-8)18-7-11-14-4-1-5-15-11/h1-6,16-17H,7H2. The Morgan fingerprint density at radius 3 is 2.61 bits per heavy atom. The average Bonchev–Trinajstić information content (AvgIpc) is 2.37. The predicted molar refractivity (Wildman–Crippen MR) is 62.6 cm³/mol. The van der Waals surface area contributed by atoms with Gasteiger partial charge in [0.15, 0.2) is 5.82 Å². The molecule has 0 fully saturated rings. The number of halogens is 1. The molecule has 0 amide bonds. The smallest absolute Gasteiger partial charge is 0.486 e. The highest BCUT2D eigenvalue weighted by Crippen LogP contribution is 2.11. The lowest BCUT2D eigenvalue weighted by molar-refractivity contribution is 0.295. The molecule has 0 saturated heterocycles. The minimum absolute atomic E-state index is 0.0179. The summed E-state index contributed by atoms with van der Waals surface area (Å²) in [7, 11) is -1.72. The Kier molecular flexibility index (Phi) is 3.86. The lowest BCUT2D eigenvalue weighted by Crippen LogP contribution is -2.31. The van der Waals surface area contributed by atoms with Gasteiger partial charge >= 0.3 is 7.12 Å². The van der Waals surface area contributed by atoms with Crippen LogP contribution in [-0.4, -0.2) is 27.1 Å². The van der Waals surface area contributed by atoms with Crippen molar-refractivity contribution in [2.45, 2.75) is 6.61 Å². The Balaban J connectivity index is 2.15. The number of nitrogens with zero attached hydrogens (tertiary/aromatic N) is 2. The summed E-state index contributed by atoms with van der Waals surface area (Å²) in [5, 5.41) is 18.2. The molecule has 18 heavy (non-hydrogen) atoms. The summed E-state index contributed by atoms with van der Waals surface area (Å²) in [6, 6.07) is 5.12. The van der Waals surface area contributed by atoms with E-state index in [0.29, 0.717) is 5.82 Å². The first-order valence-electron chi connectivity index (χ1n) is 5.21. The fourth-order valence-corrected chi connectivity index (χ4v) is 1.39.